The van der Waals surface area contributed by atoms with Gasteiger partial charge in [0.05, 0.1) is 10.4 Å². The lowest BCUT2D eigenvalue weighted by atomic mass is 10.2. The van der Waals surface area contributed by atoms with Crippen molar-refractivity contribution in [2.75, 3.05) is 43.4 Å². The first-order valence-corrected chi connectivity index (χ1v) is 12.1. The Morgan fingerprint density at radius 3 is 2.49 bits per heavy atom. The summed E-state index contributed by atoms with van der Waals surface area (Å²) < 4.78 is 2.98. The highest BCUT2D eigenvalue weighted by Gasteiger charge is 2.27. The number of carbonyl (C=O) groups is 1. The minimum absolute atomic E-state index is 0.0468. The van der Waals surface area contributed by atoms with Crippen LogP contribution in [0.5, 0.6) is 0 Å². The molecule has 37 heavy (non-hydrogen) atoms. The highest BCUT2D eigenvalue weighted by Crippen LogP contribution is 2.34. The number of halogens is 1. The highest BCUT2D eigenvalue weighted by atomic mass is 35.5. The Balaban J connectivity index is 1.32. The van der Waals surface area contributed by atoms with Crippen molar-refractivity contribution in [1.82, 2.24) is 39.0 Å². The van der Waals surface area contributed by atoms with Gasteiger partial charge >= 0.3 is 5.97 Å². The molecule has 0 radical (unpaired) electrons. The Hall–Kier alpha value is -4.29. The molecular formula is C24H23ClN10O2. The number of hydrogen-bond donors (Lipinski definition) is 2. The van der Waals surface area contributed by atoms with Crippen LogP contribution in [-0.4, -0.2) is 82.8 Å². The van der Waals surface area contributed by atoms with E-state index in [0.29, 0.717) is 41.3 Å². The molecule has 188 valence electrons. The summed E-state index contributed by atoms with van der Waals surface area (Å²) in [4.78, 5) is 34.3. The summed E-state index contributed by atoms with van der Waals surface area (Å²) in [6.07, 6.45) is 5.22. The second kappa shape index (κ2) is 9.30. The van der Waals surface area contributed by atoms with Crippen molar-refractivity contribution in [3.8, 4) is 11.5 Å². The lowest BCUT2D eigenvalue weighted by molar-refractivity contribution is 0.0684. The molecule has 1 aliphatic heterocycles. The maximum absolute atomic E-state index is 12.3. The van der Waals surface area contributed by atoms with Gasteiger partial charge in [0.2, 0.25) is 11.8 Å². The van der Waals surface area contributed by atoms with Crippen molar-refractivity contribution in [2.24, 2.45) is 0 Å². The second-order valence-corrected chi connectivity index (χ2v) is 9.09. The first-order chi connectivity index (χ1) is 18.0. The zero-order chi connectivity index (χ0) is 25.5. The van der Waals surface area contributed by atoms with E-state index in [4.69, 9.17) is 17.3 Å². The molecule has 3 N–H and O–H groups in total. The van der Waals surface area contributed by atoms with E-state index in [1.165, 1.54) is 4.52 Å². The smallest absolute Gasteiger partial charge is 0.354 e. The average Bonchev–Trinajstić information content (AvgIpc) is 3.48. The third-order valence-electron chi connectivity index (χ3n) is 6.58. The summed E-state index contributed by atoms with van der Waals surface area (Å²) in [5, 5.41) is 14.9. The lowest BCUT2D eigenvalue weighted by Crippen LogP contribution is -2.47. The molecule has 6 rings (SSSR count). The fourth-order valence-corrected chi connectivity index (χ4v) is 5.09. The number of hydrogen-bond acceptors (Lipinski definition) is 9. The number of fused-ring (bicyclic) bond motifs is 3. The van der Waals surface area contributed by atoms with Crippen LogP contribution in [0.2, 0.25) is 5.02 Å². The van der Waals surface area contributed by atoms with Crippen molar-refractivity contribution in [3.63, 3.8) is 0 Å². The Morgan fingerprint density at radius 1 is 1.00 bits per heavy atom. The molecule has 5 aromatic heterocycles. The van der Waals surface area contributed by atoms with Crippen LogP contribution >= 0.6 is 11.6 Å². The van der Waals surface area contributed by atoms with Crippen LogP contribution in [-0.2, 0) is 6.54 Å². The van der Waals surface area contributed by atoms with E-state index >= 15 is 0 Å². The van der Waals surface area contributed by atoms with Gasteiger partial charge in [0.1, 0.15) is 17.0 Å². The molecule has 1 aliphatic rings. The number of carboxylic acid groups (broad SMARTS) is 1. The van der Waals surface area contributed by atoms with E-state index in [0.717, 1.165) is 31.9 Å². The molecule has 0 amide bonds. The SMILES string of the molecule is Nc1nc2c(c(Cl)c(C(=O)O)n2CCN2CCN(c3ccncc3)CC2)c2nc(-c3ccccn3)nn12. The number of aromatic nitrogens is 7. The molecule has 0 saturated carbocycles. The summed E-state index contributed by atoms with van der Waals surface area (Å²) in [6, 6.07) is 9.41. The molecule has 12 nitrogen and oxygen atoms in total. The molecule has 13 heteroatoms. The number of rotatable bonds is 6. The van der Waals surface area contributed by atoms with Gasteiger partial charge < -0.3 is 20.3 Å². The van der Waals surface area contributed by atoms with Crippen molar-refractivity contribution in [3.05, 3.63) is 59.6 Å². The maximum Gasteiger partial charge on any atom is 0.354 e. The van der Waals surface area contributed by atoms with Crippen LogP contribution in [0.3, 0.4) is 0 Å². The number of carboxylic acids is 1. The molecule has 1 fully saturated rings. The first-order valence-electron chi connectivity index (χ1n) is 11.8. The summed E-state index contributed by atoms with van der Waals surface area (Å²) in [7, 11) is 0. The van der Waals surface area contributed by atoms with E-state index in [-0.39, 0.29) is 16.7 Å². The molecule has 0 aliphatic carbocycles. The normalized spacial score (nSPS) is 14.6. The van der Waals surface area contributed by atoms with Gasteiger partial charge in [-0.15, -0.1) is 5.10 Å². The van der Waals surface area contributed by atoms with E-state index in [1.807, 2.05) is 18.2 Å². The van der Waals surface area contributed by atoms with Crippen LogP contribution in [0.25, 0.3) is 28.2 Å². The van der Waals surface area contributed by atoms with Gasteiger partial charge in [0.15, 0.2) is 5.65 Å². The summed E-state index contributed by atoms with van der Waals surface area (Å²) in [5.41, 5.74) is 8.58. The van der Waals surface area contributed by atoms with Gasteiger partial charge in [-0.3, -0.25) is 14.9 Å². The monoisotopic (exact) mass is 518 g/mol. The molecule has 1 saturated heterocycles. The van der Waals surface area contributed by atoms with E-state index in [1.54, 1.807) is 35.3 Å². The summed E-state index contributed by atoms with van der Waals surface area (Å²) in [5.74, 6) is -0.725. The van der Waals surface area contributed by atoms with E-state index < -0.39 is 5.97 Å². The predicted molar refractivity (Wildman–Crippen MR) is 139 cm³/mol. The average molecular weight is 519 g/mol. The van der Waals surface area contributed by atoms with E-state index in [9.17, 15) is 9.90 Å². The molecular weight excluding hydrogens is 496 g/mol. The fraction of sp³-hybridized carbons (Fsp3) is 0.250. The molecule has 0 unspecified atom stereocenters. The second-order valence-electron chi connectivity index (χ2n) is 8.71. The fourth-order valence-electron chi connectivity index (χ4n) is 4.74. The summed E-state index contributed by atoms with van der Waals surface area (Å²) >= 11 is 6.65. The van der Waals surface area contributed by atoms with Crippen molar-refractivity contribution < 1.29 is 9.90 Å². The first kappa shape index (κ1) is 23.1. The van der Waals surface area contributed by atoms with Gasteiger partial charge in [-0.2, -0.15) is 9.50 Å². The number of pyridine rings is 2. The predicted octanol–water partition coefficient (Wildman–Crippen LogP) is 2.29. The minimum atomic E-state index is -1.15. The molecule has 0 bridgehead atoms. The van der Waals surface area contributed by atoms with Gasteiger partial charge in [0, 0.05) is 63.5 Å². The highest BCUT2D eigenvalue weighted by molar-refractivity contribution is 6.39. The van der Waals surface area contributed by atoms with Crippen LogP contribution in [0.15, 0.2) is 48.9 Å². The van der Waals surface area contributed by atoms with Gasteiger partial charge in [-0.1, -0.05) is 17.7 Å². The maximum atomic E-state index is 12.3. The van der Waals surface area contributed by atoms with E-state index in [2.05, 4.69) is 34.8 Å². The van der Waals surface area contributed by atoms with Gasteiger partial charge in [-0.05, 0) is 24.3 Å². The molecule has 5 aromatic rings. The molecule has 0 aromatic carbocycles. The lowest BCUT2D eigenvalue weighted by Gasteiger charge is -2.36. The number of nitrogens with zero attached hydrogens (tertiary/aromatic N) is 9. The minimum Gasteiger partial charge on any atom is -0.477 e. The molecule has 6 heterocycles. The van der Waals surface area contributed by atoms with Gasteiger partial charge in [-0.25, -0.2) is 9.78 Å². The third-order valence-corrected chi connectivity index (χ3v) is 6.95. The number of nitrogens with two attached hydrogens (primary N) is 1. The van der Waals surface area contributed by atoms with Gasteiger partial charge in [0.25, 0.3) is 0 Å². The van der Waals surface area contributed by atoms with Crippen LogP contribution in [0.4, 0.5) is 11.6 Å². The van der Waals surface area contributed by atoms with Crippen molar-refractivity contribution >= 4 is 45.9 Å². The molecule has 0 atom stereocenters. The Kier molecular flexibility index (Phi) is 5.81. The van der Waals surface area contributed by atoms with Crippen LogP contribution < -0.4 is 10.6 Å². The Labute approximate surface area is 215 Å². The van der Waals surface area contributed by atoms with Crippen molar-refractivity contribution in [1.29, 1.82) is 0 Å². The topological polar surface area (TPSA) is 144 Å². The summed E-state index contributed by atoms with van der Waals surface area (Å²) in [6.45, 7) is 4.42. The van der Waals surface area contributed by atoms with Crippen LogP contribution in [0.1, 0.15) is 10.5 Å². The zero-order valence-corrected chi connectivity index (χ0v) is 20.5. The van der Waals surface area contributed by atoms with Crippen molar-refractivity contribution in [2.45, 2.75) is 6.54 Å². The third kappa shape index (κ3) is 4.09. The Bertz CT molecular complexity index is 1590. The Morgan fingerprint density at radius 2 is 1.78 bits per heavy atom. The largest absolute Gasteiger partial charge is 0.477 e. The quantitative estimate of drug-likeness (QED) is 0.343. The van der Waals surface area contributed by atoms with Crippen LogP contribution in [0, 0.1) is 0 Å². The number of aromatic carboxylic acids is 1. The standard InChI is InChI=1S/C24H23ClN10O2/c25-18-17-21(30-24(26)35-22(17)29-20(31-35)16-3-1-2-6-28-16)34(19(18)23(36)37)14-11-32-9-12-33(13-10-32)15-4-7-27-8-5-15/h1-8H,9-14H2,(H2,26,30)(H,36,37). The number of piperazine rings is 1. The number of nitrogen functional groups attached to an aromatic ring is 1. The molecule has 0 spiro atoms. The number of anilines is 2. The zero-order valence-electron chi connectivity index (χ0n) is 19.7.